The molecule has 0 spiro atoms. The summed E-state index contributed by atoms with van der Waals surface area (Å²) in [5, 5.41) is 3.32. The van der Waals surface area contributed by atoms with Crippen molar-refractivity contribution < 1.29 is 13.2 Å². The lowest BCUT2D eigenvalue weighted by Gasteiger charge is -2.39. The number of aliphatic imine (C=N–C) groups is 1. The van der Waals surface area contributed by atoms with Gasteiger partial charge in [-0.3, -0.25) is 4.99 Å². The van der Waals surface area contributed by atoms with Gasteiger partial charge in [0.15, 0.2) is 5.96 Å². The molecule has 2 N–H and O–H groups in total. The maximum absolute atomic E-state index is 12.4. The summed E-state index contributed by atoms with van der Waals surface area (Å²) in [5.41, 5.74) is 0. The van der Waals surface area contributed by atoms with Crippen LogP contribution in [0, 0.1) is 5.92 Å². The van der Waals surface area contributed by atoms with Gasteiger partial charge in [-0.1, -0.05) is 6.92 Å². The van der Waals surface area contributed by atoms with E-state index in [2.05, 4.69) is 36.4 Å². The second kappa shape index (κ2) is 12.9. The summed E-state index contributed by atoms with van der Waals surface area (Å²) in [6.07, 6.45) is 9.78. The molecule has 2 fully saturated rings. The van der Waals surface area contributed by atoms with Crippen LogP contribution in [0.5, 0.6) is 0 Å². The third kappa shape index (κ3) is 8.17. The van der Waals surface area contributed by atoms with Crippen molar-refractivity contribution in [3.05, 3.63) is 18.7 Å². The van der Waals surface area contributed by atoms with Crippen molar-refractivity contribution >= 4 is 40.0 Å². The average molecular weight is 569 g/mol. The summed E-state index contributed by atoms with van der Waals surface area (Å²) in [7, 11) is -3.37. The first kappa shape index (κ1) is 26.3. The van der Waals surface area contributed by atoms with E-state index in [0.717, 1.165) is 57.9 Å². The van der Waals surface area contributed by atoms with Crippen molar-refractivity contribution in [3.63, 3.8) is 0 Å². The number of imidazole rings is 1. The number of rotatable bonds is 8. The first-order valence-electron chi connectivity index (χ1n) is 11.1. The number of nitrogens with one attached hydrogen (secondary N) is 2. The molecule has 3 atom stereocenters. The Bertz CT molecular complexity index is 768. The molecule has 1 aromatic rings. The minimum Gasteiger partial charge on any atom is -0.377 e. The fourth-order valence-electron chi connectivity index (χ4n) is 4.05. The molecule has 2 aliphatic heterocycles. The zero-order chi connectivity index (χ0) is 21.4. The summed E-state index contributed by atoms with van der Waals surface area (Å²) in [4.78, 5) is 11.0. The van der Waals surface area contributed by atoms with Gasteiger partial charge in [0.25, 0.3) is 0 Å². The molecule has 1 aromatic heterocycles. The summed E-state index contributed by atoms with van der Waals surface area (Å²) in [5.74, 6) is 1.30. The SMILES string of the molecule is CCNC(=NCCS(=O)(=O)NCC1CCCCO1)N1CCC(C)C(n2ccnc2)C1.I. The van der Waals surface area contributed by atoms with E-state index in [1.54, 1.807) is 6.20 Å². The first-order valence-corrected chi connectivity index (χ1v) is 12.7. The molecule has 0 aliphatic carbocycles. The van der Waals surface area contributed by atoms with E-state index in [0.29, 0.717) is 18.5 Å². The molecule has 3 unspecified atom stereocenters. The van der Waals surface area contributed by atoms with E-state index >= 15 is 0 Å². The van der Waals surface area contributed by atoms with E-state index in [-0.39, 0.29) is 42.4 Å². The first-order chi connectivity index (χ1) is 14.5. The number of aromatic nitrogens is 2. The van der Waals surface area contributed by atoms with Gasteiger partial charge in [0, 0.05) is 45.2 Å². The van der Waals surface area contributed by atoms with Crippen molar-refractivity contribution in [2.75, 3.05) is 45.1 Å². The van der Waals surface area contributed by atoms with Gasteiger partial charge in [-0.15, -0.1) is 24.0 Å². The topological polar surface area (TPSA) is 101 Å². The van der Waals surface area contributed by atoms with Crippen LogP contribution in [0.2, 0.25) is 0 Å². The van der Waals surface area contributed by atoms with E-state index in [4.69, 9.17) is 4.74 Å². The van der Waals surface area contributed by atoms with Gasteiger partial charge in [0.1, 0.15) is 0 Å². The number of ether oxygens (including phenoxy) is 1. The molecule has 0 aromatic carbocycles. The Balaban J connectivity index is 0.00000341. The van der Waals surface area contributed by atoms with Gasteiger partial charge in [-0.2, -0.15) is 0 Å². The average Bonchev–Trinajstić information content (AvgIpc) is 3.28. The van der Waals surface area contributed by atoms with Crippen molar-refractivity contribution in [2.45, 2.75) is 51.7 Å². The molecule has 0 saturated carbocycles. The van der Waals surface area contributed by atoms with Gasteiger partial charge < -0.3 is 19.5 Å². The Hall–Kier alpha value is -0.920. The van der Waals surface area contributed by atoms with Crippen LogP contribution in [-0.2, 0) is 14.8 Å². The Morgan fingerprint density at radius 3 is 2.84 bits per heavy atom. The lowest BCUT2D eigenvalue weighted by Crippen LogP contribution is -2.49. The second-order valence-corrected chi connectivity index (χ2v) is 10.1. The normalized spacial score (nSPS) is 25.2. The quantitative estimate of drug-likeness (QED) is 0.282. The summed E-state index contributed by atoms with van der Waals surface area (Å²) in [6, 6.07) is 0.325. The number of sulfonamides is 1. The molecule has 2 aliphatic rings. The van der Waals surface area contributed by atoms with E-state index < -0.39 is 10.0 Å². The van der Waals surface area contributed by atoms with Crippen LogP contribution in [0.3, 0.4) is 0 Å². The van der Waals surface area contributed by atoms with Gasteiger partial charge >= 0.3 is 0 Å². The molecule has 0 bridgehead atoms. The standard InChI is InChI=1S/C20H36N6O3S.HI/c1-3-22-20(25-10-7-17(2)19(15-25)26-11-8-21-16-26)23-9-13-30(27,28)24-14-18-6-4-5-12-29-18;/h8,11,16-19,24H,3-7,9-10,12-15H2,1-2H3,(H,22,23);1H. The van der Waals surface area contributed by atoms with Crippen LogP contribution in [0.1, 0.15) is 45.6 Å². The molecule has 2 saturated heterocycles. The molecule has 3 rings (SSSR count). The van der Waals surface area contributed by atoms with E-state index in [1.165, 1.54) is 0 Å². The Morgan fingerprint density at radius 1 is 1.32 bits per heavy atom. The highest BCUT2D eigenvalue weighted by molar-refractivity contribution is 14.0. The molecule has 11 heteroatoms. The monoisotopic (exact) mass is 568 g/mol. The molecule has 3 heterocycles. The third-order valence-corrected chi connectivity index (χ3v) is 7.21. The highest BCUT2D eigenvalue weighted by Crippen LogP contribution is 2.27. The number of hydrogen-bond acceptors (Lipinski definition) is 5. The molecule has 31 heavy (non-hydrogen) atoms. The number of hydrogen-bond donors (Lipinski definition) is 2. The third-order valence-electron chi connectivity index (χ3n) is 5.89. The van der Waals surface area contributed by atoms with Crippen LogP contribution in [0.25, 0.3) is 0 Å². The van der Waals surface area contributed by atoms with Gasteiger partial charge in [0.2, 0.25) is 10.0 Å². The number of guanidine groups is 1. The van der Waals surface area contributed by atoms with Crippen LogP contribution < -0.4 is 10.0 Å². The number of halogens is 1. The lowest BCUT2D eigenvalue weighted by atomic mass is 9.93. The van der Waals surface area contributed by atoms with Crippen molar-refractivity contribution in [3.8, 4) is 0 Å². The van der Waals surface area contributed by atoms with Crippen LogP contribution >= 0.6 is 24.0 Å². The number of piperidine rings is 1. The number of likely N-dealkylation sites (tertiary alicyclic amines) is 1. The van der Waals surface area contributed by atoms with E-state index in [9.17, 15) is 8.42 Å². The smallest absolute Gasteiger partial charge is 0.213 e. The minimum absolute atomic E-state index is 0. The minimum atomic E-state index is -3.37. The van der Waals surface area contributed by atoms with Gasteiger partial charge in [0.05, 0.1) is 30.8 Å². The maximum atomic E-state index is 12.4. The van der Waals surface area contributed by atoms with Crippen molar-refractivity contribution in [1.82, 2.24) is 24.5 Å². The van der Waals surface area contributed by atoms with Gasteiger partial charge in [-0.25, -0.2) is 18.1 Å². The zero-order valence-corrected chi connectivity index (χ0v) is 21.7. The summed E-state index contributed by atoms with van der Waals surface area (Å²) < 4.78 is 35.2. The Kier molecular flexibility index (Phi) is 11.0. The van der Waals surface area contributed by atoms with E-state index in [1.807, 2.05) is 19.4 Å². The van der Waals surface area contributed by atoms with Crippen molar-refractivity contribution in [2.24, 2.45) is 10.9 Å². The van der Waals surface area contributed by atoms with Crippen LogP contribution in [0.4, 0.5) is 0 Å². The zero-order valence-electron chi connectivity index (χ0n) is 18.6. The van der Waals surface area contributed by atoms with Crippen LogP contribution in [-0.4, -0.2) is 80.0 Å². The Morgan fingerprint density at radius 2 is 2.16 bits per heavy atom. The second-order valence-electron chi connectivity index (χ2n) is 8.18. The molecule has 0 amide bonds. The molecule has 178 valence electrons. The van der Waals surface area contributed by atoms with Crippen molar-refractivity contribution in [1.29, 1.82) is 0 Å². The predicted molar refractivity (Wildman–Crippen MR) is 133 cm³/mol. The van der Waals surface area contributed by atoms with Gasteiger partial charge in [-0.05, 0) is 38.5 Å². The molecular formula is C20H37IN6O3S. The lowest BCUT2D eigenvalue weighted by molar-refractivity contribution is 0.0200. The van der Waals surface area contributed by atoms with Crippen LogP contribution in [0.15, 0.2) is 23.7 Å². The number of nitrogens with zero attached hydrogens (tertiary/aromatic N) is 4. The largest absolute Gasteiger partial charge is 0.377 e. The predicted octanol–water partition coefficient (Wildman–Crippen LogP) is 1.84. The summed E-state index contributed by atoms with van der Waals surface area (Å²) >= 11 is 0. The summed E-state index contributed by atoms with van der Waals surface area (Å²) in [6.45, 7) is 8.06. The maximum Gasteiger partial charge on any atom is 0.213 e. The molecule has 9 nitrogen and oxygen atoms in total. The Labute approximate surface area is 203 Å². The highest BCUT2D eigenvalue weighted by atomic mass is 127. The fraction of sp³-hybridized carbons (Fsp3) is 0.800. The fourth-order valence-corrected chi connectivity index (χ4v) is 4.97. The molecule has 0 radical (unpaired) electrons. The molecular weight excluding hydrogens is 531 g/mol. The highest BCUT2D eigenvalue weighted by Gasteiger charge is 2.29.